The van der Waals surface area contributed by atoms with E-state index in [0.29, 0.717) is 5.16 Å². The Kier molecular flexibility index (Phi) is 6.06. The topological polar surface area (TPSA) is 85.2 Å². The summed E-state index contributed by atoms with van der Waals surface area (Å²) in [6.07, 6.45) is 0. The molecule has 1 aromatic heterocycles. The third-order valence-corrected chi connectivity index (χ3v) is 5.50. The number of rotatable bonds is 6. The first-order valence-electron chi connectivity index (χ1n) is 9.40. The van der Waals surface area contributed by atoms with E-state index in [1.54, 1.807) is 4.68 Å². The lowest BCUT2D eigenvalue weighted by molar-refractivity contribution is -0.113. The van der Waals surface area contributed by atoms with Crippen LogP contribution in [0.5, 0.6) is 0 Å². The Bertz CT molecular complexity index is 952. The Morgan fingerprint density at radius 3 is 2.48 bits per heavy atom. The molecule has 8 nitrogen and oxygen atoms in total. The number of thioether (sulfide) groups is 1. The lowest BCUT2D eigenvalue weighted by Gasteiger charge is -2.28. The van der Waals surface area contributed by atoms with Crippen LogP contribution >= 0.6 is 11.8 Å². The predicted octanol–water partition coefficient (Wildman–Crippen LogP) is 2.54. The number of hydrogen-bond acceptors (Lipinski definition) is 7. The lowest BCUT2D eigenvalue weighted by atomic mass is 10.2. The lowest BCUT2D eigenvalue weighted by Crippen LogP contribution is -2.36. The molecule has 0 spiro atoms. The fourth-order valence-electron chi connectivity index (χ4n) is 3.02. The van der Waals surface area contributed by atoms with Gasteiger partial charge in [0.1, 0.15) is 0 Å². The number of morpholine rings is 1. The quantitative estimate of drug-likeness (QED) is 0.625. The maximum absolute atomic E-state index is 12.3. The summed E-state index contributed by atoms with van der Waals surface area (Å²) in [5, 5.41) is 15.3. The van der Waals surface area contributed by atoms with Crippen LogP contribution < -0.4 is 10.2 Å². The number of carbonyl (C=O) groups excluding carboxylic acids is 1. The normalized spacial score (nSPS) is 14.0. The first kappa shape index (κ1) is 19.4. The monoisotopic (exact) mass is 410 g/mol. The molecule has 1 fully saturated rings. The van der Waals surface area contributed by atoms with E-state index in [-0.39, 0.29) is 11.7 Å². The number of aromatic nitrogens is 4. The molecule has 0 aliphatic carbocycles. The molecule has 150 valence electrons. The van der Waals surface area contributed by atoms with E-state index in [4.69, 9.17) is 4.74 Å². The van der Waals surface area contributed by atoms with Gasteiger partial charge in [-0.2, -0.15) is 4.68 Å². The molecule has 1 aliphatic rings. The van der Waals surface area contributed by atoms with Crippen LogP contribution in [0.25, 0.3) is 5.69 Å². The Morgan fingerprint density at radius 1 is 1.07 bits per heavy atom. The standard InChI is InChI=1S/C20H22N6O2S/c1-15-2-6-18(7-3-15)26-20(22-23-24-26)29-14-19(27)21-16-4-8-17(9-5-16)25-10-12-28-13-11-25/h2-9H,10-14H2,1H3,(H,21,27). The summed E-state index contributed by atoms with van der Waals surface area (Å²) >= 11 is 1.30. The molecule has 1 N–H and O–H groups in total. The van der Waals surface area contributed by atoms with Crippen molar-refractivity contribution in [1.82, 2.24) is 20.2 Å². The van der Waals surface area contributed by atoms with Crippen molar-refractivity contribution >= 4 is 29.0 Å². The number of benzene rings is 2. The van der Waals surface area contributed by atoms with Crippen LogP contribution in [-0.4, -0.2) is 58.2 Å². The van der Waals surface area contributed by atoms with Crippen molar-refractivity contribution in [2.24, 2.45) is 0 Å². The van der Waals surface area contributed by atoms with E-state index < -0.39 is 0 Å². The van der Waals surface area contributed by atoms with Gasteiger partial charge in [0.2, 0.25) is 11.1 Å². The molecule has 0 saturated carbocycles. The van der Waals surface area contributed by atoms with E-state index in [1.165, 1.54) is 11.8 Å². The van der Waals surface area contributed by atoms with E-state index in [0.717, 1.165) is 48.9 Å². The Balaban J connectivity index is 1.33. The van der Waals surface area contributed by atoms with Crippen molar-refractivity contribution in [2.45, 2.75) is 12.1 Å². The second kappa shape index (κ2) is 9.06. The van der Waals surface area contributed by atoms with Gasteiger partial charge in [-0.1, -0.05) is 29.5 Å². The van der Waals surface area contributed by atoms with Gasteiger partial charge < -0.3 is 15.0 Å². The first-order chi connectivity index (χ1) is 14.2. The fraction of sp³-hybridized carbons (Fsp3) is 0.300. The van der Waals surface area contributed by atoms with Gasteiger partial charge in [-0.05, 0) is 53.7 Å². The van der Waals surface area contributed by atoms with Crippen LogP contribution in [0.4, 0.5) is 11.4 Å². The highest BCUT2D eigenvalue weighted by Gasteiger charge is 2.13. The minimum atomic E-state index is -0.104. The van der Waals surface area contributed by atoms with E-state index >= 15 is 0 Å². The summed E-state index contributed by atoms with van der Waals surface area (Å²) in [5.74, 6) is 0.116. The fourth-order valence-corrected chi connectivity index (χ4v) is 3.71. The van der Waals surface area contributed by atoms with Crippen molar-refractivity contribution < 1.29 is 9.53 Å². The van der Waals surface area contributed by atoms with Crippen LogP contribution in [0, 0.1) is 6.92 Å². The number of nitrogens with one attached hydrogen (secondary N) is 1. The van der Waals surface area contributed by atoms with Crippen molar-refractivity contribution in [2.75, 3.05) is 42.3 Å². The molecule has 4 rings (SSSR count). The number of amides is 1. The van der Waals surface area contributed by atoms with Crippen LogP contribution in [0.1, 0.15) is 5.56 Å². The highest BCUT2D eigenvalue weighted by molar-refractivity contribution is 7.99. The number of carbonyl (C=O) groups is 1. The summed E-state index contributed by atoms with van der Waals surface area (Å²) < 4.78 is 7.01. The molecule has 1 saturated heterocycles. The molecule has 9 heteroatoms. The Morgan fingerprint density at radius 2 is 1.76 bits per heavy atom. The minimum absolute atomic E-state index is 0.104. The Labute approximate surface area is 173 Å². The third-order valence-electron chi connectivity index (χ3n) is 4.58. The van der Waals surface area contributed by atoms with Crippen molar-refractivity contribution in [3.63, 3.8) is 0 Å². The van der Waals surface area contributed by atoms with Gasteiger partial charge in [0.25, 0.3) is 0 Å². The van der Waals surface area contributed by atoms with Gasteiger partial charge in [-0.25, -0.2) is 0 Å². The molecule has 2 aromatic carbocycles. The molecular formula is C20H22N6O2S. The van der Waals surface area contributed by atoms with E-state index in [1.807, 2.05) is 55.5 Å². The van der Waals surface area contributed by atoms with E-state index in [2.05, 4.69) is 25.7 Å². The maximum Gasteiger partial charge on any atom is 0.234 e. The predicted molar refractivity (Wildman–Crippen MR) is 113 cm³/mol. The van der Waals surface area contributed by atoms with Crippen molar-refractivity contribution in [1.29, 1.82) is 0 Å². The molecule has 0 atom stereocenters. The summed E-state index contributed by atoms with van der Waals surface area (Å²) in [6, 6.07) is 15.8. The molecule has 0 unspecified atom stereocenters. The summed E-state index contributed by atoms with van der Waals surface area (Å²) in [6.45, 7) is 5.29. The summed E-state index contributed by atoms with van der Waals surface area (Å²) in [5.41, 5.74) is 3.93. The van der Waals surface area contributed by atoms with Crippen LogP contribution in [0.2, 0.25) is 0 Å². The molecular weight excluding hydrogens is 388 g/mol. The van der Waals surface area contributed by atoms with Gasteiger partial charge in [-0.3, -0.25) is 4.79 Å². The average Bonchev–Trinajstić information content (AvgIpc) is 3.23. The maximum atomic E-state index is 12.3. The minimum Gasteiger partial charge on any atom is -0.378 e. The number of nitrogens with zero attached hydrogens (tertiary/aromatic N) is 5. The SMILES string of the molecule is Cc1ccc(-n2nnnc2SCC(=O)Nc2ccc(N3CCOCC3)cc2)cc1. The molecule has 1 aliphatic heterocycles. The average molecular weight is 411 g/mol. The number of aryl methyl sites for hydroxylation is 1. The van der Waals surface area contributed by atoms with Gasteiger partial charge in [-0.15, -0.1) is 5.10 Å². The number of anilines is 2. The van der Waals surface area contributed by atoms with Crippen molar-refractivity contribution in [3.8, 4) is 5.69 Å². The van der Waals surface area contributed by atoms with Gasteiger partial charge in [0.05, 0.1) is 24.7 Å². The molecule has 2 heterocycles. The summed E-state index contributed by atoms with van der Waals surface area (Å²) in [7, 11) is 0. The van der Waals surface area contributed by atoms with Gasteiger partial charge in [0.15, 0.2) is 0 Å². The molecule has 0 bridgehead atoms. The Hall–Kier alpha value is -2.91. The van der Waals surface area contributed by atoms with Gasteiger partial charge in [0, 0.05) is 24.5 Å². The second-order valence-corrected chi connectivity index (χ2v) is 7.63. The molecule has 0 radical (unpaired) electrons. The van der Waals surface area contributed by atoms with Gasteiger partial charge >= 0.3 is 0 Å². The van der Waals surface area contributed by atoms with Crippen molar-refractivity contribution in [3.05, 3.63) is 54.1 Å². The molecule has 3 aromatic rings. The number of tetrazole rings is 1. The number of hydrogen-bond donors (Lipinski definition) is 1. The zero-order valence-corrected chi connectivity index (χ0v) is 16.9. The zero-order valence-electron chi connectivity index (χ0n) is 16.1. The number of ether oxygens (including phenoxy) is 1. The van der Waals surface area contributed by atoms with Crippen LogP contribution in [0.15, 0.2) is 53.7 Å². The van der Waals surface area contributed by atoms with Crippen LogP contribution in [-0.2, 0) is 9.53 Å². The zero-order chi connectivity index (χ0) is 20.1. The third kappa shape index (κ3) is 4.93. The highest BCUT2D eigenvalue weighted by atomic mass is 32.2. The largest absolute Gasteiger partial charge is 0.378 e. The second-order valence-electron chi connectivity index (χ2n) is 6.69. The molecule has 29 heavy (non-hydrogen) atoms. The van der Waals surface area contributed by atoms with E-state index in [9.17, 15) is 4.79 Å². The molecule has 1 amide bonds. The van der Waals surface area contributed by atoms with Crippen LogP contribution in [0.3, 0.4) is 0 Å². The summed E-state index contributed by atoms with van der Waals surface area (Å²) in [4.78, 5) is 14.6. The first-order valence-corrected chi connectivity index (χ1v) is 10.4. The smallest absolute Gasteiger partial charge is 0.234 e. The highest BCUT2D eigenvalue weighted by Crippen LogP contribution is 2.21.